The molecular formula is C18H18N4OS2. The van der Waals surface area contributed by atoms with Crippen LogP contribution in [0.25, 0.3) is 11.3 Å². The average Bonchev–Trinajstić information content (AvgIpc) is 3.33. The molecule has 7 heteroatoms. The fourth-order valence-electron chi connectivity index (χ4n) is 3.11. The minimum Gasteiger partial charge on any atom is -0.325 e. The first-order valence-corrected chi connectivity index (χ1v) is 9.89. The van der Waals surface area contributed by atoms with Crippen molar-refractivity contribution in [3.8, 4) is 11.3 Å². The van der Waals surface area contributed by atoms with Crippen LogP contribution in [0.4, 0.5) is 5.13 Å². The SMILES string of the molecule is Cc1sc(NC(=O)c2csc(CN)n2)nc1-c1ccc2c(c1)CCC2. The van der Waals surface area contributed by atoms with Gasteiger partial charge in [0.1, 0.15) is 10.7 Å². The molecule has 3 N–H and O–H groups in total. The molecule has 0 radical (unpaired) electrons. The summed E-state index contributed by atoms with van der Waals surface area (Å²) in [6.07, 6.45) is 3.54. The number of hydrogen-bond acceptors (Lipinski definition) is 6. The highest BCUT2D eigenvalue weighted by Gasteiger charge is 2.17. The third kappa shape index (κ3) is 3.22. The van der Waals surface area contributed by atoms with E-state index in [0.717, 1.165) is 27.6 Å². The molecule has 1 amide bonds. The molecule has 1 aromatic carbocycles. The molecule has 128 valence electrons. The lowest BCUT2D eigenvalue weighted by Gasteiger charge is -2.03. The molecule has 25 heavy (non-hydrogen) atoms. The molecule has 1 aliphatic carbocycles. The van der Waals surface area contributed by atoms with E-state index in [4.69, 9.17) is 5.73 Å². The normalized spacial score (nSPS) is 13.0. The van der Waals surface area contributed by atoms with E-state index in [1.165, 1.54) is 46.6 Å². The minimum atomic E-state index is -0.245. The predicted octanol–water partition coefficient (Wildman–Crippen LogP) is 3.77. The minimum absolute atomic E-state index is 0.245. The number of carbonyl (C=O) groups excluding carboxylic acids is 1. The molecule has 0 aliphatic heterocycles. The van der Waals surface area contributed by atoms with Crippen LogP contribution in [0.3, 0.4) is 0 Å². The molecule has 5 nitrogen and oxygen atoms in total. The van der Waals surface area contributed by atoms with E-state index < -0.39 is 0 Å². The molecular weight excluding hydrogens is 352 g/mol. The van der Waals surface area contributed by atoms with Crippen molar-refractivity contribution in [1.29, 1.82) is 0 Å². The first kappa shape index (κ1) is 16.4. The van der Waals surface area contributed by atoms with Gasteiger partial charge in [-0.15, -0.1) is 22.7 Å². The summed E-state index contributed by atoms with van der Waals surface area (Å²) in [6.45, 7) is 2.38. The molecule has 0 bridgehead atoms. The maximum atomic E-state index is 12.3. The number of carbonyl (C=O) groups is 1. The molecule has 1 aliphatic rings. The summed E-state index contributed by atoms with van der Waals surface area (Å²) in [4.78, 5) is 22.2. The zero-order chi connectivity index (χ0) is 17.4. The molecule has 4 rings (SSSR count). The highest BCUT2D eigenvalue weighted by Crippen LogP contribution is 2.33. The lowest BCUT2D eigenvalue weighted by molar-refractivity contribution is 0.102. The third-order valence-electron chi connectivity index (χ3n) is 4.35. The van der Waals surface area contributed by atoms with Crippen LogP contribution < -0.4 is 11.1 Å². The number of nitrogens with two attached hydrogens (primary N) is 1. The zero-order valence-corrected chi connectivity index (χ0v) is 15.5. The molecule has 0 atom stereocenters. The van der Waals surface area contributed by atoms with Crippen LogP contribution in [0, 0.1) is 6.92 Å². The predicted molar refractivity (Wildman–Crippen MR) is 102 cm³/mol. The smallest absolute Gasteiger partial charge is 0.276 e. The van der Waals surface area contributed by atoms with Gasteiger partial charge in [-0.3, -0.25) is 10.1 Å². The Bertz CT molecular complexity index is 944. The summed E-state index contributed by atoms with van der Waals surface area (Å²) in [7, 11) is 0. The van der Waals surface area contributed by atoms with E-state index in [1.807, 2.05) is 6.92 Å². The third-order valence-corrected chi connectivity index (χ3v) is 6.11. The molecule has 0 saturated carbocycles. The summed E-state index contributed by atoms with van der Waals surface area (Å²) >= 11 is 2.88. The summed E-state index contributed by atoms with van der Waals surface area (Å²) in [5.74, 6) is -0.245. The Hall–Kier alpha value is -2.09. The second-order valence-corrected chi connectivity index (χ2v) is 8.19. The number of rotatable bonds is 4. The second kappa shape index (κ2) is 6.67. The number of fused-ring (bicyclic) bond motifs is 1. The van der Waals surface area contributed by atoms with Gasteiger partial charge in [0, 0.05) is 22.4 Å². The molecule has 0 unspecified atom stereocenters. The van der Waals surface area contributed by atoms with Crippen molar-refractivity contribution >= 4 is 33.7 Å². The Morgan fingerprint density at radius 2 is 2.12 bits per heavy atom. The molecule has 0 fully saturated rings. The van der Waals surface area contributed by atoms with Gasteiger partial charge in [0.05, 0.1) is 5.69 Å². The highest BCUT2D eigenvalue weighted by molar-refractivity contribution is 7.16. The first-order valence-electron chi connectivity index (χ1n) is 8.19. The van der Waals surface area contributed by atoms with Crippen LogP contribution in [0.5, 0.6) is 0 Å². The summed E-state index contributed by atoms with van der Waals surface area (Å²) < 4.78 is 0. The largest absolute Gasteiger partial charge is 0.325 e. The van der Waals surface area contributed by atoms with Crippen molar-refractivity contribution in [1.82, 2.24) is 9.97 Å². The monoisotopic (exact) mass is 370 g/mol. The van der Waals surface area contributed by atoms with Crippen molar-refractivity contribution in [2.75, 3.05) is 5.32 Å². The topological polar surface area (TPSA) is 80.9 Å². The van der Waals surface area contributed by atoms with E-state index in [0.29, 0.717) is 17.4 Å². The van der Waals surface area contributed by atoms with Gasteiger partial charge < -0.3 is 5.73 Å². The first-order chi connectivity index (χ1) is 12.1. The number of nitrogens with one attached hydrogen (secondary N) is 1. The molecule has 2 heterocycles. The Kier molecular flexibility index (Phi) is 4.37. The maximum absolute atomic E-state index is 12.3. The van der Waals surface area contributed by atoms with Crippen LogP contribution in [0.15, 0.2) is 23.6 Å². The number of hydrogen-bond donors (Lipinski definition) is 2. The van der Waals surface area contributed by atoms with E-state index in [-0.39, 0.29) is 5.91 Å². The molecule has 0 saturated heterocycles. The zero-order valence-electron chi connectivity index (χ0n) is 13.8. The lowest BCUT2D eigenvalue weighted by Crippen LogP contribution is -2.12. The number of aromatic nitrogens is 2. The fourth-order valence-corrected chi connectivity index (χ4v) is 4.59. The van der Waals surface area contributed by atoms with Crippen molar-refractivity contribution in [3.05, 3.63) is 50.3 Å². The number of benzene rings is 1. The van der Waals surface area contributed by atoms with E-state index >= 15 is 0 Å². The standard InChI is InChI=1S/C18H18N4OS2/c1-10-16(13-6-5-11-3-2-4-12(11)7-13)21-18(25-10)22-17(23)14-9-24-15(8-19)20-14/h5-7,9H,2-4,8,19H2,1H3,(H,21,22,23). The van der Waals surface area contributed by atoms with Gasteiger partial charge in [-0.25, -0.2) is 9.97 Å². The van der Waals surface area contributed by atoms with Crippen molar-refractivity contribution < 1.29 is 4.79 Å². The van der Waals surface area contributed by atoms with Crippen molar-refractivity contribution in [3.63, 3.8) is 0 Å². The Morgan fingerprint density at radius 1 is 1.28 bits per heavy atom. The van der Waals surface area contributed by atoms with Gasteiger partial charge in [0.15, 0.2) is 5.13 Å². The van der Waals surface area contributed by atoms with E-state index in [1.54, 1.807) is 5.38 Å². The molecule has 0 spiro atoms. The average molecular weight is 371 g/mol. The number of thiazole rings is 2. The van der Waals surface area contributed by atoms with Crippen molar-refractivity contribution in [2.45, 2.75) is 32.7 Å². The van der Waals surface area contributed by atoms with Gasteiger partial charge in [0.2, 0.25) is 0 Å². The van der Waals surface area contributed by atoms with Crippen LogP contribution >= 0.6 is 22.7 Å². The Labute approximate surface area is 154 Å². The quantitative estimate of drug-likeness (QED) is 0.732. The number of aryl methyl sites for hydroxylation is 3. The van der Waals surface area contributed by atoms with Crippen molar-refractivity contribution in [2.24, 2.45) is 5.73 Å². The van der Waals surface area contributed by atoms with Gasteiger partial charge in [0.25, 0.3) is 5.91 Å². The van der Waals surface area contributed by atoms with Crippen LogP contribution in [-0.2, 0) is 19.4 Å². The molecule has 2 aromatic heterocycles. The van der Waals surface area contributed by atoms with E-state index in [2.05, 4.69) is 33.5 Å². The Morgan fingerprint density at radius 3 is 2.92 bits per heavy atom. The highest BCUT2D eigenvalue weighted by atomic mass is 32.1. The Balaban J connectivity index is 1.57. The fraction of sp³-hybridized carbons (Fsp3) is 0.278. The number of nitrogens with zero attached hydrogens (tertiary/aromatic N) is 2. The van der Waals surface area contributed by atoms with E-state index in [9.17, 15) is 4.79 Å². The number of anilines is 1. The summed E-state index contributed by atoms with van der Waals surface area (Å²) in [5.41, 5.74) is 10.9. The molecule has 3 aromatic rings. The van der Waals surface area contributed by atoms with Crippen LogP contribution in [0.2, 0.25) is 0 Å². The second-order valence-electron chi connectivity index (χ2n) is 6.05. The van der Waals surface area contributed by atoms with Crippen LogP contribution in [-0.4, -0.2) is 15.9 Å². The van der Waals surface area contributed by atoms with Gasteiger partial charge >= 0.3 is 0 Å². The summed E-state index contributed by atoms with van der Waals surface area (Å²) in [5, 5.41) is 5.92. The van der Waals surface area contributed by atoms with Gasteiger partial charge in [-0.1, -0.05) is 12.1 Å². The van der Waals surface area contributed by atoms with Gasteiger partial charge in [-0.05, 0) is 43.4 Å². The number of amides is 1. The maximum Gasteiger partial charge on any atom is 0.276 e. The van der Waals surface area contributed by atoms with Crippen LogP contribution in [0.1, 0.15) is 37.9 Å². The van der Waals surface area contributed by atoms with Gasteiger partial charge in [-0.2, -0.15) is 0 Å². The lowest BCUT2D eigenvalue weighted by atomic mass is 10.0. The summed E-state index contributed by atoms with van der Waals surface area (Å²) in [6, 6.07) is 6.58.